The molecule has 168 valence electrons. The van der Waals surface area contributed by atoms with E-state index >= 15 is 0 Å². The van der Waals surface area contributed by atoms with Crippen LogP contribution in [0.5, 0.6) is 0 Å². The van der Waals surface area contributed by atoms with Crippen molar-refractivity contribution in [3.05, 3.63) is 60.4 Å². The summed E-state index contributed by atoms with van der Waals surface area (Å²) >= 11 is 13.3. The Morgan fingerprint density at radius 2 is 1.78 bits per heavy atom. The number of aryl methyl sites for hydroxylation is 3. The molecule has 1 N–H and O–H groups in total. The van der Waals surface area contributed by atoms with Crippen molar-refractivity contribution in [3.8, 4) is 10.6 Å². The summed E-state index contributed by atoms with van der Waals surface area (Å²) in [6.07, 6.45) is 0. The van der Waals surface area contributed by atoms with Crippen molar-refractivity contribution in [3.63, 3.8) is 0 Å². The van der Waals surface area contributed by atoms with E-state index in [2.05, 4.69) is 15.4 Å². The van der Waals surface area contributed by atoms with E-state index in [0.717, 1.165) is 11.3 Å². The van der Waals surface area contributed by atoms with Crippen LogP contribution in [0.25, 0.3) is 10.6 Å². The molecule has 2 heterocycles. The molecule has 0 radical (unpaired) electrons. The monoisotopic (exact) mass is 493 g/mol. The first-order chi connectivity index (χ1) is 15.0. The number of nitrogens with one attached hydrogen (secondary N) is 1. The Hall–Kier alpha value is -2.75. The molecule has 0 atom stereocenters. The van der Waals surface area contributed by atoms with Gasteiger partial charge in [-0.3, -0.25) is 14.4 Å². The van der Waals surface area contributed by atoms with E-state index in [1.165, 1.54) is 16.6 Å². The summed E-state index contributed by atoms with van der Waals surface area (Å²) in [4.78, 5) is 44.2. The highest BCUT2D eigenvalue weighted by Crippen LogP contribution is 2.31. The molecule has 0 saturated heterocycles. The van der Waals surface area contributed by atoms with Crippen molar-refractivity contribution in [2.45, 2.75) is 20.8 Å². The maximum atomic E-state index is 13.0. The predicted molar refractivity (Wildman–Crippen MR) is 127 cm³/mol. The van der Waals surface area contributed by atoms with Gasteiger partial charge in [0, 0.05) is 14.1 Å². The van der Waals surface area contributed by atoms with Gasteiger partial charge in [-0.1, -0.05) is 29.3 Å². The number of aromatic nitrogens is 3. The zero-order valence-corrected chi connectivity index (χ0v) is 20.4. The normalized spacial score (nSPS) is 10.8. The Morgan fingerprint density at radius 1 is 1.16 bits per heavy atom. The number of thiazole rings is 1. The van der Waals surface area contributed by atoms with Crippen molar-refractivity contribution in [1.82, 2.24) is 19.7 Å². The van der Waals surface area contributed by atoms with E-state index in [9.17, 15) is 14.4 Å². The molecule has 0 saturated carbocycles. The van der Waals surface area contributed by atoms with Crippen LogP contribution in [0.2, 0.25) is 10.0 Å². The van der Waals surface area contributed by atoms with Crippen LogP contribution in [0.4, 0.5) is 5.69 Å². The van der Waals surface area contributed by atoms with Crippen LogP contribution in [0.1, 0.15) is 26.6 Å². The minimum atomic E-state index is -0.451. The Labute approximate surface area is 198 Å². The molecule has 11 heteroatoms. The lowest BCUT2D eigenvalue weighted by Gasteiger charge is -2.17. The van der Waals surface area contributed by atoms with Gasteiger partial charge in [-0.15, -0.1) is 11.3 Å². The number of nitrogens with zero attached hydrogens (tertiary/aromatic N) is 4. The van der Waals surface area contributed by atoms with Crippen LogP contribution >= 0.6 is 34.5 Å². The third kappa shape index (κ3) is 4.69. The molecule has 2 amide bonds. The Bertz CT molecular complexity index is 1260. The summed E-state index contributed by atoms with van der Waals surface area (Å²) in [5, 5.41) is 7.84. The minimum absolute atomic E-state index is 0.220. The number of para-hydroxylation sites is 1. The summed E-state index contributed by atoms with van der Waals surface area (Å²) in [5.74, 6) is -0.834. The Morgan fingerprint density at radius 3 is 2.41 bits per heavy atom. The van der Waals surface area contributed by atoms with E-state index in [0.29, 0.717) is 42.4 Å². The quantitative estimate of drug-likeness (QED) is 0.581. The van der Waals surface area contributed by atoms with E-state index in [-0.39, 0.29) is 23.7 Å². The molecule has 0 bridgehead atoms. The largest absolute Gasteiger partial charge is 0.332 e. The maximum Gasteiger partial charge on any atom is 0.277 e. The van der Waals surface area contributed by atoms with Gasteiger partial charge in [0.25, 0.3) is 11.5 Å². The molecule has 3 rings (SSSR count). The molecule has 1 aromatic carbocycles. The summed E-state index contributed by atoms with van der Waals surface area (Å²) in [6.45, 7) is 5.08. The zero-order valence-electron chi connectivity index (χ0n) is 18.1. The number of carbonyl (C=O) groups is 2. The molecule has 0 spiro atoms. The second-order valence-electron chi connectivity index (χ2n) is 7.25. The van der Waals surface area contributed by atoms with Gasteiger partial charge in [-0.2, -0.15) is 5.10 Å². The summed E-state index contributed by atoms with van der Waals surface area (Å²) in [6, 6.07) is 4.87. The molecule has 3 aromatic rings. The molecule has 8 nitrogen and oxygen atoms in total. The molecular weight excluding hydrogens is 473 g/mol. The number of hydrogen-bond donors (Lipinski definition) is 1. The molecule has 0 aliphatic carbocycles. The number of carbonyl (C=O) groups excluding carboxylic acids is 2. The SMILES string of the molecule is Cc1nc(-c2c(C)c(C)nn(C)c2=O)sc1C(=O)N(C)CC(=O)Nc1c(Cl)cccc1Cl. The number of amides is 2. The summed E-state index contributed by atoms with van der Waals surface area (Å²) < 4.78 is 1.26. The van der Waals surface area contributed by atoms with Gasteiger partial charge in [-0.25, -0.2) is 9.67 Å². The molecule has 0 aliphatic heterocycles. The molecule has 2 aromatic heterocycles. The van der Waals surface area contributed by atoms with Crippen molar-refractivity contribution in [1.29, 1.82) is 0 Å². The number of likely N-dealkylation sites (N-methyl/N-ethyl adjacent to an activating group) is 1. The average molecular weight is 494 g/mol. The van der Waals surface area contributed by atoms with Gasteiger partial charge >= 0.3 is 0 Å². The first kappa shape index (κ1) is 23.9. The van der Waals surface area contributed by atoms with Crippen molar-refractivity contribution in [2.24, 2.45) is 7.05 Å². The average Bonchev–Trinajstić information content (AvgIpc) is 3.10. The molecule has 32 heavy (non-hydrogen) atoms. The van der Waals surface area contributed by atoms with Gasteiger partial charge in [0.2, 0.25) is 5.91 Å². The Balaban J connectivity index is 1.83. The predicted octanol–water partition coefficient (Wildman–Crippen LogP) is 3.85. The molecule has 0 fully saturated rings. The fraction of sp³-hybridized carbons (Fsp3) is 0.286. The number of anilines is 1. The van der Waals surface area contributed by atoms with Gasteiger partial charge in [0.15, 0.2) is 0 Å². The topological polar surface area (TPSA) is 97.2 Å². The van der Waals surface area contributed by atoms with Crippen LogP contribution < -0.4 is 10.9 Å². The number of rotatable bonds is 5. The highest BCUT2D eigenvalue weighted by molar-refractivity contribution is 7.17. The number of hydrogen-bond acceptors (Lipinski definition) is 6. The van der Waals surface area contributed by atoms with Gasteiger partial charge < -0.3 is 10.2 Å². The summed E-state index contributed by atoms with van der Waals surface area (Å²) in [5.41, 5.74) is 2.32. The minimum Gasteiger partial charge on any atom is -0.332 e. The zero-order chi connectivity index (χ0) is 23.7. The number of halogens is 2. The van der Waals surface area contributed by atoms with Gasteiger partial charge in [-0.05, 0) is 38.5 Å². The van der Waals surface area contributed by atoms with Crippen LogP contribution in [0.3, 0.4) is 0 Å². The van der Waals surface area contributed by atoms with Crippen molar-refractivity contribution in [2.75, 3.05) is 18.9 Å². The van der Waals surface area contributed by atoms with E-state index < -0.39 is 5.91 Å². The van der Waals surface area contributed by atoms with Crippen LogP contribution in [-0.2, 0) is 11.8 Å². The molecule has 0 aliphatic rings. The highest BCUT2D eigenvalue weighted by Gasteiger charge is 2.24. The lowest BCUT2D eigenvalue weighted by atomic mass is 10.1. The second-order valence-corrected chi connectivity index (χ2v) is 9.07. The number of benzene rings is 1. The van der Waals surface area contributed by atoms with Crippen molar-refractivity contribution >= 4 is 52.0 Å². The third-order valence-corrected chi connectivity index (χ3v) is 6.68. The molecular formula is C21H21Cl2N5O3S. The standard InChI is InChI=1S/C21H21Cl2N5O3S/c1-10-11(2)26-28(5)20(30)16(10)19-24-12(3)18(32-19)21(31)27(4)9-15(29)25-17-13(22)7-6-8-14(17)23/h6-8H,9H2,1-5H3,(H,25,29). The highest BCUT2D eigenvalue weighted by atomic mass is 35.5. The Kier molecular flexibility index (Phi) is 7.02. The van der Waals surface area contributed by atoms with Crippen molar-refractivity contribution < 1.29 is 9.59 Å². The lowest BCUT2D eigenvalue weighted by molar-refractivity contribution is -0.116. The van der Waals surface area contributed by atoms with Gasteiger partial charge in [0.1, 0.15) is 9.88 Å². The van der Waals surface area contributed by atoms with Crippen LogP contribution in [0.15, 0.2) is 23.0 Å². The first-order valence-electron chi connectivity index (χ1n) is 9.52. The van der Waals surface area contributed by atoms with E-state index in [4.69, 9.17) is 23.2 Å². The smallest absolute Gasteiger partial charge is 0.277 e. The molecule has 0 unspecified atom stereocenters. The van der Waals surface area contributed by atoms with Crippen LogP contribution in [0, 0.1) is 20.8 Å². The van der Waals surface area contributed by atoms with Crippen LogP contribution in [-0.4, -0.2) is 45.1 Å². The fourth-order valence-electron chi connectivity index (χ4n) is 3.06. The second kappa shape index (κ2) is 9.40. The van der Waals surface area contributed by atoms with E-state index in [1.807, 2.05) is 6.92 Å². The maximum absolute atomic E-state index is 13.0. The lowest BCUT2D eigenvalue weighted by Crippen LogP contribution is -2.35. The summed E-state index contributed by atoms with van der Waals surface area (Å²) in [7, 11) is 3.08. The third-order valence-electron chi connectivity index (χ3n) is 4.88. The van der Waals surface area contributed by atoms with E-state index in [1.54, 1.807) is 39.1 Å². The first-order valence-corrected chi connectivity index (χ1v) is 11.1. The fourth-order valence-corrected chi connectivity index (χ4v) is 4.71. The van der Waals surface area contributed by atoms with Gasteiger partial charge in [0.05, 0.1) is 39.2 Å².